The number of nitrogens with zero attached hydrogens (tertiary/aromatic N) is 6. The van der Waals surface area contributed by atoms with E-state index in [9.17, 15) is 9.18 Å². The van der Waals surface area contributed by atoms with E-state index in [0.29, 0.717) is 62.4 Å². The van der Waals surface area contributed by atoms with Crippen LogP contribution < -0.4 is 9.80 Å². The molecule has 1 amide bonds. The predicted molar refractivity (Wildman–Crippen MR) is 141 cm³/mol. The van der Waals surface area contributed by atoms with Gasteiger partial charge in [-0.15, -0.1) is 0 Å². The van der Waals surface area contributed by atoms with Gasteiger partial charge < -0.3 is 24.2 Å². The third kappa shape index (κ3) is 4.95. The van der Waals surface area contributed by atoms with Gasteiger partial charge in [-0.25, -0.2) is 9.37 Å². The zero-order chi connectivity index (χ0) is 26.1. The lowest BCUT2D eigenvalue weighted by Gasteiger charge is -2.37. The Morgan fingerprint density at radius 2 is 1.73 bits per heavy atom. The van der Waals surface area contributed by atoms with Crippen molar-refractivity contribution in [2.75, 3.05) is 62.9 Å². The van der Waals surface area contributed by atoms with Crippen molar-refractivity contribution in [2.45, 2.75) is 32.9 Å². The molecular weight excluding hydrogens is 475 g/mol. The van der Waals surface area contributed by atoms with Crippen molar-refractivity contribution in [3.63, 3.8) is 0 Å². The quantitative estimate of drug-likeness (QED) is 0.519. The number of pyridine rings is 1. The Bertz CT molecular complexity index is 1300. The molecule has 0 aliphatic carbocycles. The fraction of sp³-hybridized carbons (Fsp3) is 0.481. The van der Waals surface area contributed by atoms with Gasteiger partial charge in [-0.1, -0.05) is 0 Å². The van der Waals surface area contributed by atoms with Gasteiger partial charge in [0.25, 0.3) is 5.91 Å². The predicted octanol–water partition coefficient (Wildman–Crippen LogP) is 3.37. The second-order valence-corrected chi connectivity index (χ2v) is 9.66. The molecule has 0 bridgehead atoms. The van der Waals surface area contributed by atoms with E-state index in [1.807, 2.05) is 19.1 Å². The van der Waals surface area contributed by atoms with Crippen LogP contribution in [0, 0.1) is 5.82 Å². The first-order valence-corrected chi connectivity index (χ1v) is 12.8. The highest BCUT2D eigenvalue weighted by molar-refractivity contribution is 5.96. The molecule has 2 aliphatic rings. The average molecular weight is 509 g/mol. The van der Waals surface area contributed by atoms with E-state index in [1.165, 1.54) is 11.0 Å². The number of benzene rings is 1. The van der Waals surface area contributed by atoms with Crippen molar-refractivity contribution in [2.24, 2.45) is 0 Å². The Balaban J connectivity index is 1.62. The lowest BCUT2D eigenvalue weighted by atomic mass is 10.1. The highest BCUT2D eigenvalue weighted by Gasteiger charge is 2.27. The maximum atomic E-state index is 14.6. The first-order chi connectivity index (χ1) is 17.9. The van der Waals surface area contributed by atoms with Crippen molar-refractivity contribution >= 4 is 28.7 Å². The molecule has 37 heavy (non-hydrogen) atoms. The Labute approximate surface area is 216 Å². The van der Waals surface area contributed by atoms with Gasteiger partial charge in [0.2, 0.25) is 5.95 Å². The van der Waals surface area contributed by atoms with E-state index in [2.05, 4.69) is 23.6 Å². The van der Waals surface area contributed by atoms with Crippen LogP contribution in [0.3, 0.4) is 0 Å². The van der Waals surface area contributed by atoms with Crippen LogP contribution in [-0.2, 0) is 9.47 Å². The standard InChI is InChI=1S/C27H33FN6O3/c1-5-32(4)26(35)21-14-19(6-8-22(21)28)23-9-7-20-24(29-23)30-27(34-11-13-37-16-18(34)3)31-25(20)33-10-12-36-15-17(33)2/h6-9,14,17-18H,5,10-13,15-16H2,1-4H3/t17-,18-/m0/s1. The lowest BCUT2D eigenvalue weighted by Crippen LogP contribution is -2.46. The van der Waals surface area contributed by atoms with E-state index in [0.717, 1.165) is 17.7 Å². The molecular formula is C27H33FN6O3. The van der Waals surface area contributed by atoms with Crippen molar-refractivity contribution in [3.05, 3.63) is 41.7 Å². The number of amides is 1. The molecule has 2 aromatic heterocycles. The summed E-state index contributed by atoms with van der Waals surface area (Å²) >= 11 is 0. The molecule has 4 heterocycles. The number of fused-ring (bicyclic) bond motifs is 1. The molecule has 2 aliphatic heterocycles. The number of rotatable bonds is 5. The SMILES string of the molecule is CCN(C)C(=O)c1cc(-c2ccc3c(N4CCOC[C@@H]4C)nc(N4CCOC[C@@H]4C)nc3n2)ccc1F. The zero-order valence-corrected chi connectivity index (χ0v) is 21.8. The van der Waals surface area contributed by atoms with Crippen molar-refractivity contribution in [1.29, 1.82) is 0 Å². The highest BCUT2D eigenvalue weighted by atomic mass is 19.1. The summed E-state index contributed by atoms with van der Waals surface area (Å²) in [6.07, 6.45) is 0. The highest BCUT2D eigenvalue weighted by Crippen LogP contribution is 2.31. The fourth-order valence-corrected chi connectivity index (χ4v) is 4.75. The number of halogens is 1. The molecule has 2 saturated heterocycles. The summed E-state index contributed by atoms with van der Waals surface area (Å²) in [6, 6.07) is 8.65. The lowest BCUT2D eigenvalue weighted by molar-refractivity contribution is 0.0798. The maximum Gasteiger partial charge on any atom is 0.256 e. The van der Waals surface area contributed by atoms with Gasteiger partial charge in [-0.05, 0) is 51.1 Å². The number of carbonyl (C=O) groups is 1. The summed E-state index contributed by atoms with van der Waals surface area (Å²) in [4.78, 5) is 33.4. The van der Waals surface area contributed by atoms with Crippen LogP contribution in [0.4, 0.5) is 16.2 Å². The molecule has 0 unspecified atom stereocenters. The zero-order valence-electron chi connectivity index (χ0n) is 21.8. The van der Waals surface area contributed by atoms with Crippen molar-refractivity contribution in [1.82, 2.24) is 19.9 Å². The van der Waals surface area contributed by atoms with Crippen LogP contribution in [0.2, 0.25) is 0 Å². The molecule has 0 N–H and O–H groups in total. The summed E-state index contributed by atoms with van der Waals surface area (Å²) in [5.74, 6) is 0.524. The molecule has 2 fully saturated rings. The third-order valence-electron chi connectivity index (χ3n) is 7.11. The van der Waals surface area contributed by atoms with Crippen LogP contribution in [0.25, 0.3) is 22.3 Å². The van der Waals surface area contributed by atoms with Gasteiger partial charge in [0.1, 0.15) is 11.6 Å². The van der Waals surface area contributed by atoms with Gasteiger partial charge >= 0.3 is 0 Å². The second-order valence-electron chi connectivity index (χ2n) is 9.66. The molecule has 10 heteroatoms. The van der Waals surface area contributed by atoms with E-state index in [1.54, 1.807) is 19.2 Å². The molecule has 196 valence electrons. The van der Waals surface area contributed by atoms with E-state index >= 15 is 0 Å². The summed E-state index contributed by atoms with van der Waals surface area (Å²) in [5.41, 5.74) is 1.84. The van der Waals surface area contributed by atoms with Crippen LogP contribution in [-0.4, -0.2) is 91.0 Å². The number of hydrogen-bond donors (Lipinski definition) is 0. The summed E-state index contributed by atoms with van der Waals surface area (Å²) < 4.78 is 25.8. The number of anilines is 2. The first-order valence-electron chi connectivity index (χ1n) is 12.8. The van der Waals surface area contributed by atoms with Crippen molar-refractivity contribution in [3.8, 4) is 11.3 Å². The molecule has 9 nitrogen and oxygen atoms in total. The number of morpholine rings is 2. The largest absolute Gasteiger partial charge is 0.377 e. The molecule has 3 aromatic rings. The van der Waals surface area contributed by atoms with Crippen LogP contribution in [0.1, 0.15) is 31.1 Å². The third-order valence-corrected chi connectivity index (χ3v) is 7.11. The van der Waals surface area contributed by atoms with E-state index < -0.39 is 5.82 Å². The Hall–Kier alpha value is -3.37. The van der Waals surface area contributed by atoms with Gasteiger partial charge in [0.05, 0.1) is 55.2 Å². The Morgan fingerprint density at radius 3 is 2.41 bits per heavy atom. The maximum absolute atomic E-state index is 14.6. The average Bonchev–Trinajstić information content (AvgIpc) is 2.92. The van der Waals surface area contributed by atoms with Crippen LogP contribution in [0.5, 0.6) is 0 Å². The van der Waals surface area contributed by atoms with Gasteiger partial charge in [0.15, 0.2) is 5.65 Å². The summed E-state index contributed by atoms with van der Waals surface area (Å²) in [6.45, 7) is 10.4. The summed E-state index contributed by atoms with van der Waals surface area (Å²) in [7, 11) is 1.65. The minimum absolute atomic E-state index is 0.0251. The monoisotopic (exact) mass is 508 g/mol. The first kappa shape index (κ1) is 25.3. The molecule has 5 rings (SSSR count). The molecule has 0 saturated carbocycles. The van der Waals surface area contributed by atoms with E-state index in [-0.39, 0.29) is 23.6 Å². The topological polar surface area (TPSA) is 83.9 Å². The van der Waals surface area contributed by atoms with Gasteiger partial charge in [0, 0.05) is 32.2 Å². The molecule has 0 radical (unpaired) electrons. The minimum atomic E-state index is -0.552. The normalized spacial score (nSPS) is 20.4. The second kappa shape index (κ2) is 10.5. The molecule has 2 atom stereocenters. The minimum Gasteiger partial charge on any atom is -0.377 e. The van der Waals surface area contributed by atoms with Gasteiger partial charge in [-0.2, -0.15) is 9.97 Å². The number of ether oxygens (including phenoxy) is 2. The van der Waals surface area contributed by atoms with E-state index in [4.69, 9.17) is 24.4 Å². The van der Waals surface area contributed by atoms with Crippen LogP contribution in [0.15, 0.2) is 30.3 Å². The smallest absolute Gasteiger partial charge is 0.256 e. The number of aromatic nitrogens is 3. The summed E-state index contributed by atoms with van der Waals surface area (Å²) in [5, 5.41) is 0.839. The Morgan fingerprint density at radius 1 is 1.03 bits per heavy atom. The van der Waals surface area contributed by atoms with Crippen molar-refractivity contribution < 1.29 is 18.7 Å². The van der Waals surface area contributed by atoms with Crippen LogP contribution >= 0.6 is 0 Å². The Kier molecular flexibility index (Phi) is 7.21. The molecule has 0 spiro atoms. The molecule has 1 aromatic carbocycles. The van der Waals surface area contributed by atoms with Gasteiger partial charge in [-0.3, -0.25) is 4.79 Å². The fourth-order valence-electron chi connectivity index (χ4n) is 4.75. The number of hydrogen-bond acceptors (Lipinski definition) is 8. The number of carbonyl (C=O) groups excluding carboxylic acids is 1.